The molecule has 3 rings (SSSR count). The Labute approximate surface area is 125 Å². The summed E-state index contributed by atoms with van der Waals surface area (Å²) in [5.41, 5.74) is 4.38. The summed E-state index contributed by atoms with van der Waals surface area (Å²) in [6.45, 7) is 4.77. The van der Waals surface area contributed by atoms with Crippen molar-refractivity contribution in [2.45, 2.75) is 20.4 Å². The molecule has 0 radical (unpaired) electrons. The van der Waals surface area contributed by atoms with Gasteiger partial charge in [0.1, 0.15) is 5.75 Å². The zero-order valence-corrected chi connectivity index (χ0v) is 12.4. The summed E-state index contributed by atoms with van der Waals surface area (Å²) in [4.78, 5) is 0. The summed E-state index contributed by atoms with van der Waals surface area (Å²) in [6, 6.07) is 18.5. The van der Waals surface area contributed by atoms with Crippen LogP contribution in [0.3, 0.4) is 0 Å². The van der Waals surface area contributed by atoms with E-state index in [4.69, 9.17) is 0 Å². The van der Waals surface area contributed by atoms with E-state index in [1.807, 2.05) is 44.2 Å². The molecule has 21 heavy (non-hydrogen) atoms. The Morgan fingerprint density at radius 3 is 2.48 bits per heavy atom. The molecule has 3 aromatic carbocycles. The topological polar surface area (TPSA) is 32.3 Å². The molecule has 0 aliphatic rings. The number of rotatable bonds is 3. The van der Waals surface area contributed by atoms with E-state index in [1.165, 1.54) is 5.56 Å². The summed E-state index contributed by atoms with van der Waals surface area (Å²) >= 11 is 0. The number of fused-ring (bicyclic) bond motifs is 1. The van der Waals surface area contributed by atoms with Crippen molar-refractivity contribution < 1.29 is 5.11 Å². The van der Waals surface area contributed by atoms with Gasteiger partial charge in [-0.05, 0) is 54.1 Å². The lowest BCUT2D eigenvalue weighted by molar-refractivity contribution is 0.477. The highest BCUT2D eigenvalue weighted by atomic mass is 16.3. The van der Waals surface area contributed by atoms with Gasteiger partial charge in [0, 0.05) is 17.6 Å². The number of aromatic hydroxyl groups is 1. The maximum Gasteiger partial charge on any atom is 0.126 e. The van der Waals surface area contributed by atoms with Crippen LogP contribution in [0.15, 0.2) is 54.6 Å². The van der Waals surface area contributed by atoms with Crippen LogP contribution in [-0.4, -0.2) is 5.11 Å². The predicted octanol–water partition coefficient (Wildman–Crippen LogP) is 4.77. The molecule has 106 valence electrons. The summed E-state index contributed by atoms with van der Waals surface area (Å²) in [6.07, 6.45) is 0. The zero-order chi connectivity index (χ0) is 14.8. The third-order valence-corrected chi connectivity index (χ3v) is 3.96. The van der Waals surface area contributed by atoms with E-state index in [9.17, 15) is 5.11 Å². The molecule has 0 heterocycles. The standard InChI is InChI=1S/C19H19NO/c1-13-10-16-11-17(8-9-18(16)19(21)14(13)2)20-12-15-6-4-3-5-7-15/h3-11,20-21H,12H2,1-2H3. The Bertz CT molecular complexity index is 778. The molecule has 2 nitrogen and oxygen atoms in total. The monoisotopic (exact) mass is 277 g/mol. The highest BCUT2D eigenvalue weighted by molar-refractivity contribution is 5.92. The normalized spacial score (nSPS) is 10.8. The van der Waals surface area contributed by atoms with Crippen molar-refractivity contribution in [3.05, 3.63) is 71.3 Å². The van der Waals surface area contributed by atoms with Gasteiger partial charge < -0.3 is 10.4 Å². The SMILES string of the molecule is Cc1cc2cc(NCc3ccccc3)ccc2c(O)c1C. The van der Waals surface area contributed by atoms with Crippen molar-refractivity contribution >= 4 is 16.5 Å². The second kappa shape index (κ2) is 5.49. The Balaban J connectivity index is 1.89. The minimum absolute atomic E-state index is 0.389. The molecule has 2 N–H and O–H groups in total. The fourth-order valence-electron chi connectivity index (χ4n) is 2.54. The molecule has 0 aliphatic heterocycles. The molecule has 0 aromatic heterocycles. The number of nitrogens with one attached hydrogen (secondary N) is 1. The number of hydrogen-bond donors (Lipinski definition) is 2. The van der Waals surface area contributed by atoms with E-state index in [0.717, 1.165) is 34.1 Å². The lowest BCUT2D eigenvalue weighted by Crippen LogP contribution is -1.99. The molecule has 0 atom stereocenters. The van der Waals surface area contributed by atoms with Crippen LogP contribution in [0, 0.1) is 13.8 Å². The summed E-state index contributed by atoms with van der Waals surface area (Å²) in [5.74, 6) is 0.389. The molecule has 0 saturated carbocycles. The van der Waals surface area contributed by atoms with Gasteiger partial charge in [-0.1, -0.05) is 36.4 Å². The first-order valence-electron chi connectivity index (χ1n) is 7.16. The molecule has 0 amide bonds. The summed E-state index contributed by atoms with van der Waals surface area (Å²) in [7, 11) is 0. The largest absolute Gasteiger partial charge is 0.507 e. The summed E-state index contributed by atoms with van der Waals surface area (Å²) in [5, 5.41) is 15.6. The Kier molecular flexibility index (Phi) is 3.53. The average molecular weight is 277 g/mol. The second-order valence-electron chi connectivity index (χ2n) is 5.44. The number of aryl methyl sites for hydroxylation is 1. The maximum absolute atomic E-state index is 10.2. The number of hydrogen-bond acceptors (Lipinski definition) is 2. The zero-order valence-electron chi connectivity index (χ0n) is 12.4. The lowest BCUT2D eigenvalue weighted by Gasteiger charge is -2.11. The predicted molar refractivity (Wildman–Crippen MR) is 88.9 cm³/mol. The van der Waals surface area contributed by atoms with E-state index < -0.39 is 0 Å². The van der Waals surface area contributed by atoms with Gasteiger partial charge in [-0.15, -0.1) is 0 Å². The molecule has 2 heteroatoms. The van der Waals surface area contributed by atoms with E-state index in [1.54, 1.807) is 0 Å². The lowest BCUT2D eigenvalue weighted by atomic mass is 10.0. The van der Waals surface area contributed by atoms with Crippen molar-refractivity contribution in [3.63, 3.8) is 0 Å². The van der Waals surface area contributed by atoms with E-state index in [2.05, 4.69) is 29.6 Å². The molecule has 0 spiro atoms. The van der Waals surface area contributed by atoms with Crippen molar-refractivity contribution in [3.8, 4) is 5.75 Å². The highest BCUT2D eigenvalue weighted by Gasteiger charge is 2.07. The molecule has 0 saturated heterocycles. The van der Waals surface area contributed by atoms with Gasteiger partial charge >= 0.3 is 0 Å². The van der Waals surface area contributed by atoms with Crippen molar-refractivity contribution in [1.82, 2.24) is 0 Å². The van der Waals surface area contributed by atoms with Crippen LogP contribution >= 0.6 is 0 Å². The van der Waals surface area contributed by atoms with Gasteiger partial charge in [0.25, 0.3) is 0 Å². The fourth-order valence-corrected chi connectivity index (χ4v) is 2.54. The molecule has 0 fully saturated rings. The van der Waals surface area contributed by atoms with Crippen molar-refractivity contribution in [1.29, 1.82) is 0 Å². The maximum atomic E-state index is 10.2. The van der Waals surface area contributed by atoms with Crippen LogP contribution in [0.1, 0.15) is 16.7 Å². The molecule has 0 unspecified atom stereocenters. The average Bonchev–Trinajstić information content (AvgIpc) is 2.51. The van der Waals surface area contributed by atoms with Gasteiger partial charge in [-0.25, -0.2) is 0 Å². The number of phenolic OH excluding ortho intramolecular Hbond substituents is 1. The first-order chi connectivity index (χ1) is 10.1. The fraction of sp³-hybridized carbons (Fsp3) is 0.158. The molecule has 0 aliphatic carbocycles. The van der Waals surface area contributed by atoms with Crippen LogP contribution in [0.5, 0.6) is 5.75 Å². The Morgan fingerprint density at radius 2 is 1.71 bits per heavy atom. The molecular weight excluding hydrogens is 258 g/mol. The second-order valence-corrected chi connectivity index (χ2v) is 5.44. The minimum atomic E-state index is 0.389. The quantitative estimate of drug-likeness (QED) is 0.722. The first kappa shape index (κ1) is 13.5. The van der Waals surface area contributed by atoms with Crippen LogP contribution in [0.25, 0.3) is 10.8 Å². The Hall–Kier alpha value is -2.48. The molecule has 3 aromatic rings. The van der Waals surface area contributed by atoms with Crippen LogP contribution < -0.4 is 5.32 Å². The minimum Gasteiger partial charge on any atom is -0.507 e. The van der Waals surface area contributed by atoms with Gasteiger partial charge in [-0.3, -0.25) is 0 Å². The number of benzene rings is 3. The van der Waals surface area contributed by atoms with Crippen LogP contribution in [0.2, 0.25) is 0 Å². The van der Waals surface area contributed by atoms with Crippen LogP contribution in [-0.2, 0) is 6.54 Å². The van der Waals surface area contributed by atoms with Gasteiger partial charge in [0.2, 0.25) is 0 Å². The van der Waals surface area contributed by atoms with E-state index in [0.29, 0.717) is 5.75 Å². The first-order valence-corrected chi connectivity index (χ1v) is 7.16. The number of phenols is 1. The van der Waals surface area contributed by atoms with Gasteiger partial charge in [-0.2, -0.15) is 0 Å². The van der Waals surface area contributed by atoms with Crippen LogP contribution in [0.4, 0.5) is 5.69 Å². The summed E-state index contributed by atoms with van der Waals surface area (Å²) < 4.78 is 0. The number of anilines is 1. The smallest absolute Gasteiger partial charge is 0.126 e. The van der Waals surface area contributed by atoms with E-state index >= 15 is 0 Å². The van der Waals surface area contributed by atoms with Gasteiger partial charge in [0.05, 0.1) is 0 Å². The van der Waals surface area contributed by atoms with Crippen molar-refractivity contribution in [2.24, 2.45) is 0 Å². The Morgan fingerprint density at radius 1 is 0.952 bits per heavy atom. The highest BCUT2D eigenvalue weighted by Crippen LogP contribution is 2.32. The third kappa shape index (κ3) is 2.70. The molecular formula is C19H19NO. The molecule has 0 bridgehead atoms. The van der Waals surface area contributed by atoms with E-state index in [-0.39, 0.29) is 0 Å². The van der Waals surface area contributed by atoms with Gasteiger partial charge in [0.15, 0.2) is 0 Å². The van der Waals surface area contributed by atoms with Crippen molar-refractivity contribution in [2.75, 3.05) is 5.32 Å². The third-order valence-electron chi connectivity index (χ3n) is 3.96.